The lowest BCUT2D eigenvalue weighted by Gasteiger charge is -2.31. The number of piperazine rings is 1. The predicted molar refractivity (Wildman–Crippen MR) is 69.1 cm³/mol. The lowest BCUT2D eigenvalue weighted by atomic mass is 10.3. The number of nitrogens with one attached hydrogen (secondary N) is 1. The lowest BCUT2D eigenvalue weighted by Crippen LogP contribution is -2.47. The Labute approximate surface area is 104 Å². The zero-order valence-corrected chi connectivity index (χ0v) is 10.9. The van der Waals surface area contributed by atoms with Crippen LogP contribution in [-0.4, -0.2) is 56.2 Å². The second-order valence-corrected chi connectivity index (χ2v) is 4.85. The molecule has 4 nitrogen and oxygen atoms in total. The van der Waals surface area contributed by atoms with Gasteiger partial charge in [0.15, 0.2) is 0 Å². The Kier molecular flexibility index (Phi) is 4.59. The van der Waals surface area contributed by atoms with Gasteiger partial charge < -0.3 is 9.73 Å². The number of hydrogen-bond acceptors (Lipinski definition) is 4. The fourth-order valence-electron chi connectivity index (χ4n) is 2.19. The molecule has 1 aromatic rings. The molecule has 1 aromatic heterocycles. The molecule has 2 rings (SSSR count). The van der Waals surface area contributed by atoms with Gasteiger partial charge >= 0.3 is 0 Å². The highest BCUT2D eigenvalue weighted by molar-refractivity contribution is 5.05. The number of furan rings is 1. The summed E-state index contributed by atoms with van der Waals surface area (Å²) in [6.07, 6.45) is 0.996. The average Bonchev–Trinajstić information content (AvgIpc) is 2.74. The molecule has 17 heavy (non-hydrogen) atoms. The van der Waals surface area contributed by atoms with Crippen LogP contribution in [0.5, 0.6) is 0 Å². The molecule has 4 heteroatoms. The standard InChI is InChI=1S/C13H23N3O/c1-12-3-4-13(17-12)5-8-15(2)11-16-9-6-14-7-10-16/h3-4,14H,5-11H2,1-2H3. The van der Waals surface area contributed by atoms with Crippen molar-refractivity contribution >= 4 is 0 Å². The highest BCUT2D eigenvalue weighted by Crippen LogP contribution is 2.07. The molecule has 0 bridgehead atoms. The summed E-state index contributed by atoms with van der Waals surface area (Å²) in [5.41, 5.74) is 0. The fourth-order valence-corrected chi connectivity index (χ4v) is 2.19. The van der Waals surface area contributed by atoms with Crippen LogP contribution in [0.3, 0.4) is 0 Å². The van der Waals surface area contributed by atoms with Crippen molar-refractivity contribution in [1.82, 2.24) is 15.1 Å². The minimum Gasteiger partial charge on any atom is -0.466 e. The zero-order chi connectivity index (χ0) is 12.1. The quantitative estimate of drug-likeness (QED) is 0.825. The van der Waals surface area contributed by atoms with E-state index in [9.17, 15) is 0 Å². The minimum absolute atomic E-state index is 0.996. The molecule has 96 valence electrons. The Bertz CT molecular complexity index is 331. The molecule has 0 radical (unpaired) electrons. The van der Waals surface area contributed by atoms with Crippen LogP contribution in [-0.2, 0) is 6.42 Å². The predicted octanol–water partition coefficient (Wildman–Crippen LogP) is 0.925. The second kappa shape index (κ2) is 6.19. The van der Waals surface area contributed by atoms with Gasteiger partial charge in [-0.2, -0.15) is 0 Å². The van der Waals surface area contributed by atoms with E-state index < -0.39 is 0 Å². The van der Waals surface area contributed by atoms with Gasteiger partial charge in [-0.1, -0.05) is 0 Å². The summed E-state index contributed by atoms with van der Waals surface area (Å²) >= 11 is 0. The Morgan fingerprint density at radius 2 is 2.12 bits per heavy atom. The lowest BCUT2D eigenvalue weighted by molar-refractivity contribution is 0.139. The number of hydrogen-bond donors (Lipinski definition) is 1. The van der Waals surface area contributed by atoms with E-state index in [0.717, 1.165) is 57.3 Å². The summed E-state index contributed by atoms with van der Waals surface area (Å²) in [4.78, 5) is 4.85. The molecule has 0 amide bonds. The molecular formula is C13H23N3O. The van der Waals surface area contributed by atoms with Gasteiger partial charge in [0, 0.05) is 39.1 Å². The molecule has 1 fully saturated rings. The third-order valence-electron chi connectivity index (χ3n) is 3.19. The van der Waals surface area contributed by atoms with Gasteiger partial charge in [0.1, 0.15) is 11.5 Å². The first-order chi connectivity index (χ1) is 8.24. The number of likely N-dealkylation sites (N-methyl/N-ethyl adjacent to an activating group) is 1. The second-order valence-electron chi connectivity index (χ2n) is 4.85. The molecule has 2 heterocycles. The summed E-state index contributed by atoms with van der Waals surface area (Å²) in [5, 5.41) is 3.37. The van der Waals surface area contributed by atoms with Crippen LogP contribution in [0.4, 0.5) is 0 Å². The maximum absolute atomic E-state index is 5.57. The molecule has 0 spiro atoms. The van der Waals surface area contributed by atoms with Crippen LogP contribution in [0.2, 0.25) is 0 Å². The number of rotatable bonds is 5. The van der Waals surface area contributed by atoms with Crippen molar-refractivity contribution in [3.05, 3.63) is 23.7 Å². The molecule has 1 aliphatic rings. The monoisotopic (exact) mass is 237 g/mol. The Hall–Kier alpha value is -0.840. The van der Waals surface area contributed by atoms with Crippen molar-refractivity contribution in [1.29, 1.82) is 0 Å². The van der Waals surface area contributed by atoms with Gasteiger partial charge in [0.25, 0.3) is 0 Å². The Morgan fingerprint density at radius 1 is 1.35 bits per heavy atom. The molecule has 0 saturated carbocycles. The average molecular weight is 237 g/mol. The van der Waals surface area contributed by atoms with Gasteiger partial charge in [-0.3, -0.25) is 9.80 Å². The normalized spacial score (nSPS) is 17.8. The number of nitrogens with zero attached hydrogens (tertiary/aromatic N) is 2. The van der Waals surface area contributed by atoms with Crippen LogP contribution >= 0.6 is 0 Å². The van der Waals surface area contributed by atoms with Gasteiger partial charge in [-0.15, -0.1) is 0 Å². The van der Waals surface area contributed by atoms with Crippen LogP contribution in [0.1, 0.15) is 11.5 Å². The molecular weight excluding hydrogens is 214 g/mol. The molecule has 1 N–H and O–H groups in total. The van der Waals surface area contributed by atoms with Crippen molar-refractivity contribution < 1.29 is 4.42 Å². The fraction of sp³-hybridized carbons (Fsp3) is 0.692. The van der Waals surface area contributed by atoms with E-state index in [0.29, 0.717) is 0 Å². The van der Waals surface area contributed by atoms with Crippen LogP contribution in [0, 0.1) is 6.92 Å². The van der Waals surface area contributed by atoms with E-state index in [4.69, 9.17) is 4.42 Å². The maximum Gasteiger partial charge on any atom is 0.105 e. The van der Waals surface area contributed by atoms with E-state index in [1.165, 1.54) is 0 Å². The molecule has 0 aromatic carbocycles. The van der Waals surface area contributed by atoms with E-state index in [2.05, 4.69) is 28.2 Å². The molecule has 1 aliphatic heterocycles. The Balaban J connectivity index is 1.68. The molecule has 0 unspecified atom stereocenters. The number of aryl methyl sites for hydroxylation is 1. The summed E-state index contributed by atoms with van der Waals surface area (Å²) in [6, 6.07) is 4.11. The van der Waals surface area contributed by atoms with E-state index in [1.807, 2.05) is 13.0 Å². The van der Waals surface area contributed by atoms with Crippen molar-refractivity contribution in [2.24, 2.45) is 0 Å². The summed E-state index contributed by atoms with van der Waals surface area (Å²) in [7, 11) is 2.18. The van der Waals surface area contributed by atoms with Crippen molar-refractivity contribution in [2.45, 2.75) is 13.3 Å². The SMILES string of the molecule is Cc1ccc(CCN(C)CN2CCNCC2)o1. The maximum atomic E-state index is 5.57. The van der Waals surface area contributed by atoms with Crippen molar-refractivity contribution in [3.63, 3.8) is 0 Å². The molecule has 0 atom stereocenters. The Morgan fingerprint density at radius 3 is 2.76 bits per heavy atom. The van der Waals surface area contributed by atoms with Crippen molar-refractivity contribution in [2.75, 3.05) is 46.4 Å². The highest BCUT2D eigenvalue weighted by Gasteiger charge is 2.11. The summed E-state index contributed by atoms with van der Waals surface area (Å²) in [6.45, 7) is 8.65. The topological polar surface area (TPSA) is 31.6 Å². The minimum atomic E-state index is 0.996. The first kappa shape index (κ1) is 12.6. The zero-order valence-electron chi connectivity index (χ0n) is 10.9. The van der Waals surface area contributed by atoms with Gasteiger partial charge in [-0.05, 0) is 26.1 Å². The van der Waals surface area contributed by atoms with Crippen molar-refractivity contribution in [3.8, 4) is 0 Å². The smallest absolute Gasteiger partial charge is 0.105 e. The van der Waals surface area contributed by atoms with Gasteiger partial charge in [0.2, 0.25) is 0 Å². The molecule has 0 aliphatic carbocycles. The van der Waals surface area contributed by atoms with Crippen LogP contribution in [0.25, 0.3) is 0 Å². The first-order valence-corrected chi connectivity index (χ1v) is 6.41. The van der Waals surface area contributed by atoms with E-state index in [-0.39, 0.29) is 0 Å². The first-order valence-electron chi connectivity index (χ1n) is 6.41. The third-order valence-corrected chi connectivity index (χ3v) is 3.19. The van der Waals surface area contributed by atoms with Gasteiger partial charge in [0.05, 0.1) is 6.67 Å². The van der Waals surface area contributed by atoms with Crippen LogP contribution < -0.4 is 5.32 Å². The van der Waals surface area contributed by atoms with E-state index in [1.54, 1.807) is 0 Å². The summed E-state index contributed by atoms with van der Waals surface area (Å²) in [5.74, 6) is 2.10. The van der Waals surface area contributed by atoms with Crippen LogP contribution in [0.15, 0.2) is 16.5 Å². The summed E-state index contributed by atoms with van der Waals surface area (Å²) < 4.78 is 5.57. The third kappa shape index (κ3) is 4.15. The molecule has 1 saturated heterocycles. The highest BCUT2D eigenvalue weighted by atomic mass is 16.3. The van der Waals surface area contributed by atoms with E-state index >= 15 is 0 Å². The largest absolute Gasteiger partial charge is 0.466 e. The van der Waals surface area contributed by atoms with Gasteiger partial charge in [-0.25, -0.2) is 0 Å².